The maximum atomic E-state index is 12.6. The average Bonchev–Trinajstić information content (AvgIpc) is 2.71. The van der Waals surface area contributed by atoms with Gasteiger partial charge >= 0.3 is 0 Å². The Morgan fingerprint density at radius 3 is 2.36 bits per heavy atom. The van der Waals surface area contributed by atoms with Crippen molar-refractivity contribution in [1.29, 1.82) is 0 Å². The van der Waals surface area contributed by atoms with Gasteiger partial charge in [-0.25, -0.2) is 0 Å². The van der Waals surface area contributed by atoms with E-state index in [4.69, 9.17) is 4.74 Å². The largest absolute Gasteiger partial charge is 0.383 e. The van der Waals surface area contributed by atoms with Gasteiger partial charge in [-0.2, -0.15) is 0 Å². The third kappa shape index (κ3) is 5.53. The zero-order chi connectivity index (χ0) is 20.5. The Balaban J connectivity index is 2.10. The number of anilines is 2. The molecular formula is C21H28N4O3. The molecule has 0 spiro atoms. The normalized spacial score (nSPS) is 10.4. The molecule has 0 aliphatic rings. The van der Waals surface area contributed by atoms with Crippen LogP contribution in [0, 0.1) is 6.92 Å². The minimum Gasteiger partial charge on any atom is -0.383 e. The Labute approximate surface area is 166 Å². The fraction of sp³-hybridized carbons (Fsp3) is 0.381. The van der Waals surface area contributed by atoms with Crippen molar-refractivity contribution >= 4 is 23.2 Å². The zero-order valence-electron chi connectivity index (χ0n) is 16.9. The van der Waals surface area contributed by atoms with E-state index in [0.717, 1.165) is 30.0 Å². The van der Waals surface area contributed by atoms with Gasteiger partial charge < -0.3 is 20.3 Å². The number of rotatable bonds is 9. The number of carbonyl (C=O) groups excluding carboxylic acids is 2. The summed E-state index contributed by atoms with van der Waals surface area (Å²) in [6, 6.07) is 7.48. The van der Waals surface area contributed by atoms with Crippen LogP contribution >= 0.6 is 0 Å². The molecule has 2 rings (SSSR count). The predicted molar refractivity (Wildman–Crippen MR) is 111 cm³/mol. The molecule has 7 heteroatoms. The molecule has 0 bridgehead atoms. The Kier molecular flexibility index (Phi) is 7.95. The molecule has 0 aliphatic carbocycles. The maximum Gasteiger partial charge on any atom is 0.257 e. The molecule has 2 N–H and O–H groups in total. The molecule has 2 amide bonds. The molecule has 1 aromatic heterocycles. The van der Waals surface area contributed by atoms with Gasteiger partial charge in [0.15, 0.2) is 0 Å². The van der Waals surface area contributed by atoms with E-state index in [1.807, 2.05) is 19.1 Å². The summed E-state index contributed by atoms with van der Waals surface area (Å²) in [5.74, 6) is -0.600. The Morgan fingerprint density at radius 1 is 1.07 bits per heavy atom. The van der Waals surface area contributed by atoms with Crippen LogP contribution in [0.4, 0.5) is 11.4 Å². The van der Waals surface area contributed by atoms with Crippen LogP contribution in [0.25, 0.3) is 0 Å². The van der Waals surface area contributed by atoms with Crippen molar-refractivity contribution in [3.8, 4) is 0 Å². The van der Waals surface area contributed by atoms with E-state index in [1.54, 1.807) is 7.11 Å². The first-order valence-electron chi connectivity index (χ1n) is 9.39. The Hall–Kier alpha value is -2.93. The van der Waals surface area contributed by atoms with Crippen LogP contribution in [0.1, 0.15) is 40.1 Å². The third-order valence-electron chi connectivity index (χ3n) is 4.44. The average molecular weight is 384 g/mol. The minimum absolute atomic E-state index is 0.293. The number of hydrogen-bond donors (Lipinski definition) is 2. The van der Waals surface area contributed by atoms with E-state index in [0.29, 0.717) is 24.3 Å². The molecule has 0 radical (unpaired) electrons. The van der Waals surface area contributed by atoms with E-state index in [9.17, 15) is 9.59 Å². The smallest absolute Gasteiger partial charge is 0.257 e. The molecule has 0 aliphatic heterocycles. The number of hydrogen-bond acceptors (Lipinski definition) is 5. The molecule has 150 valence electrons. The van der Waals surface area contributed by atoms with E-state index in [2.05, 4.69) is 40.4 Å². The lowest BCUT2D eigenvalue weighted by atomic mass is 10.1. The monoisotopic (exact) mass is 384 g/mol. The summed E-state index contributed by atoms with van der Waals surface area (Å²) < 4.78 is 4.91. The lowest BCUT2D eigenvalue weighted by Crippen LogP contribution is -2.27. The Bertz CT molecular complexity index is 819. The highest BCUT2D eigenvalue weighted by Gasteiger charge is 2.13. The molecular weight excluding hydrogens is 356 g/mol. The van der Waals surface area contributed by atoms with Crippen LogP contribution in [0.15, 0.2) is 36.7 Å². The van der Waals surface area contributed by atoms with Crippen LogP contribution < -0.4 is 15.5 Å². The number of aromatic nitrogens is 1. The number of nitrogens with one attached hydrogen (secondary N) is 2. The van der Waals surface area contributed by atoms with Gasteiger partial charge in [-0.15, -0.1) is 0 Å². The number of nitrogens with zero attached hydrogens (tertiary/aromatic N) is 2. The first kappa shape index (κ1) is 21.4. The second kappa shape index (κ2) is 10.4. The van der Waals surface area contributed by atoms with Crippen LogP contribution in [0.2, 0.25) is 0 Å². The summed E-state index contributed by atoms with van der Waals surface area (Å²) in [5, 5.41) is 5.61. The highest BCUT2D eigenvalue weighted by Crippen LogP contribution is 2.23. The highest BCUT2D eigenvalue weighted by molar-refractivity contribution is 6.06. The molecule has 0 saturated carbocycles. The lowest BCUT2D eigenvalue weighted by Gasteiger charge is -2.22. The first-order valence-corrected chi connectivity index (χ1v) is 9.39. The molecule has 0 fully saturated rings. The van der Waals surface area contributed by atoms with Gasteiger partial charge in [0.2, 0.25) is 0 Å². The van der Waals surface area contributed by atoms with Crippen LogP contribution in [0.3, 0.4) is 0 Å². The standard InChI is InChI=1S/C21H28N4O3/c1-5-25(6-2)18-7-8-19(15(3)11-18)24-21(27)17-12-16(13-22-14-17)20(26)23-9-10-28-4/h7-8,11-14H,5-6,9-10H2,1-4H3,(H,23,26)(H,24,27). The molecule has 1 aromatic carbocycles. The van der Waals surface area contributed by atoms with Gasteiger partial charge in [0.1, 0.15) is 0 Å². The number of aryl methyl sites for hydroxylation is 1. The van der Waals surface area contributed by atoms with Crippen molar-refractivity contribution in [2.75, 3.05) is 43.6 Å². The fourth-order valence-electron chi connectivity index (χ4n) is 2.83. The van der Waals surface area contributed by atoms with Crippen molar-refractivity contribution in [2.45, 2.75) is 20.8 Å². The summed E-state index contributed by atoms with van der Waals surface area (Å²) in [7, 11) is 1.56. The van der Waals surface area contributed by atoms with E-state index in [-0.39, 0.29) is 11.8 Å². The zero-order valence-corrected chi connectivity index (χ0v) is 16.9. The Morgan fingerprint density at radius 2 is 1.75 bits per heavy atom. The van der Waals surface area contributed by atoms with Crippen LogP contribution in [-0.4, -0.2) is 50.1 Å². The summed E-state index contributed by atoms with van der Waals surface area (Å²) >= 11 is 0. The second-order valence-corrected chi connectivity index (χ2v) is 6.34. The van der Waals surface area contributed by atoms with Crippen molar-refractivity contribution in [2.24, 2.45) is 0 Å². The minimum atomic E-state index is -0.308. The van der Waals surface area contributed by atoms with Crippen molar-refractivity contribution < 1.29 is 14.3 Å². The second-order valence-electron chi connectivity index (χ2n) is 6.34. The summed E-state index contributed by atoms with van der Waals surface area (Å²) in [6.45, 7) is 8.84. The van der Waals surface area contributed by atoms with Crippen molar-refractivity contribution in [3.63, 3.8) is 0 Å². The number of carbonyl (C=O) groups is 2. The quantitative estimate of drug-likeness (QED) is 0.650. The molecule has 2 aromatic rings. The number of amides is 2. The predicted octanol–water partition coefficient (Wildman–Crippen LogP) is 2.86. The van der Waals surface area contributed by atoms with Crippen molar-refractivity contribution in [3.05, 3.63) is 53.3 Å². The van der Waals surface area contributed by atoms with E-state index in [1.165, 1.54) is 18.5 Å². The van der Waals surface area contributed by atoms with Crippen LogP contribution in [-0.2, 0) is 4.74 Å². The van der Waals surface area contributed by atoms with E-state index >= 15 is 0 Å². The summed E-state index contributed by atoms with van der Waals surface area (Å²) in [5.41, 5.74) is 3.48. The SMILES string of the molecule is CCN(CC)c1ccc(NC(=O)c2cncc(C(=O)NCCOC)c2)c(C)c1. The maximum absolute atomic E-state index is 12.6. The van der Waals surface area contributed by atoms with E-state index < -0.39 is 0 Å². The van der Waals surface area contributed by atoms with Gasteiger partial charge in [-0.05, 0) is 50.6 Å². The topological polar surface area (TPSA) is 83.6 Å². The first-order chi connectivity index (χ1) is 13.5. The molecule has 0 unspecified atom stereocenters. The molecule has 1 heterocycles. The van der Waals surface area contributed by atoms with Gasteiger partial charge in [0.25, 0.3) is 11.8 Å². The number of pyridine rings is 1. The van der Waals surface area contributed by atoms with Crippen molar-refractivity contribution in [1.82, 2.24) is 10.3 Å². The number of ether oxygens (including phenoxy) is 1. The number of benzene rings is 1. The lowest BCUT2D eigenvalue weighted by molar-refractivity contribution is 0.0936. The number of methoxy groups -OCH3 is 1. The summed E-state index contributed by atoms with van der Waals surface area (Å²) in [6.07, 6.45) is 2.88. The highest BCUT2D eigenvalue weighted by atomic mass is 16.5. The molecule has 28 heavy (non-hydrogen) atoms. The molecule has 0 saturated heterocycles. The molecule has 7 nitrogen and oxygen atoms in total. The molecule has 0 atom stereocenters. The van der Waals surface area contributed by atoms with Gasteiger partial charge in [0, 0.05) is 50.5 Å². The van der Waals surface area contributed by atoms with Gasteiger partial charge in [0.05, 0.1) is 17.7 Å². The van der Waals surface area contributed by atoms with Gasteiger partial charge in [-0.1, -0.05) is 0 Å². The summed E-state index contributed by atoms with van der Waals surface area (Å²) in [4.78, 5) is 31.0. The van der Waals surface area contributed by atoms with Crippen LogP contribution in [0.5, 0.6) is 0 Å². The third-order valence-corrected chi connectivity index (χ3v) is 4.44. The van der Waals surface area contributed by atoms with Gasteiger partial charge in [-0.3, -0.25) is 14.6 Å². The fourth-order valence-corrected chi connectivity index (χ4v) is 2.83.